The molecule has 1 aromatic heterocycles. The molecule has 10 aromatic rings. The Morgan fingerprint density at radius 2 is 0.717 bits per heavy atom. The number of hydrogen-bond donors (Lipinski definition) is 0. The van der Waals surface area contributed by atoms with E-state index in [1.807, 2.05) is 12.1 Å². The Hall–Kier alpha value is -7.48. The van der Waals surface area contributed by atoms with Crippen molar-refractivity contribution in [1.82, 2.24) is 4.57 Å². The van der Waals surface area contributed by atoms with Crippen LogP contribution in [0.25, 0.3) is 78.1 Å². The molecule has 1 heteroatoms. The van der Waals surface area contributed by atoms with Gasteiger partial charge in [-0.15, -0.1) is 0 Å². The lowest BCUT2D eigenvalue weighted by atomic mass is 10.0. The molecule has 0 bridgehead atoms. The summed E-state index contributed by atoms with van der Waals surface area (Å²) in [6.45, 7) is 10.9. The molecular formula is C59H49N. The van der Waals surface area contributed by atoms with Crippen LogP contribution in [0.4, 0.5) is 0 Å². The minimum atomic E-state index is 0.938. The van der Waals surface area contributed by atoms with Gasteiger partial charge in [0, 0.05) is 16.4 Å². The monoisotopic (exact) mass is 771 g/mol. The summed E-state index contributed by atoms with van der Waals surface area (Å²) < 4.78 is 2.28. The Balaban J connectivity index is 0.000000156. The Morgan fingerprint density at radius 1 is 0.300 bits per heavy atom. The Labute approximate surface area is 354 Å². The fourth-order valence-corrected chi connectivity index (χ4v) is 7.76. The first-order valence-corrected chi connectivity index (χ1v) is 20.6. The summed E-state index contributed by atoms with van der Waals surface area (Å²) in [6.07, 6.45) is 0. The topological polar surface area (TPSA) is 4.93 Å². The van der Waals surface area contributed by atoms with E-state index in [0.29, 0.717) is 0 Å². The summed E-state index contributed by atoms with van der Waals surface area (Å²) >= 11 is 0. The van der Waals surface area contributed by atoms with Crippen LogP contribution in [0.3, 0.4) is 0 Å². The fourth-order valence-electron chi connectivity index (χ4n) is 7.76. The molecule has 9 aromatic carbocycles. The highest BCUT2D eigenvalue weighted by molar-refractivity contribution is 6.09. The number of aryl methyl sites for hydroxylation is 3. The van der Waals surface area contributed by atoms with Crippen LogP contribution < -0.4 is 5.35 Å². The van der Waals surface area contributed by atoms with Crippen molar-refractivity contribution in [3.8, 4) is 39.1 Å². The van der Waals surface area contributed by atoms with Crippen molar-refractivity contribution >= 4 is 39.0 Å². The average molecular weight is 772 g/mol. The van der Waals surface area contributed by atoms with Crippen molar-refractivity contribution < 1.29 is 0 Å². The third-order valence-electron chi connectivity index (χ3n) is 10.8. The summed E-state index contributed by atoms with van der Waals surface area (Å²) in [5, 5.41) is 6.97. The van der Waals surface area contributed by atoms with Crippen LogP contribution >= 0.6 is 0 Å². The lowest BCUT2D eigenvalue weighted by molar-refractivity contribution is 1.07. The second-order valence-corrected chi connectivity index (χ2v) is 15.4. The van der Waals surface area contributed by atoms with Gasteiger partial charge in [0.15, 0.2) is 0 Å². The maximum absolute atomic E-state index is 4.52. The van der Waals surface area contributed by atoms with Gasteiger partial charge in [0.1, 0.15) is 0 Å². The van der Waals surface area contributed by atoms with Crippen LogP contribution in [0.15, 0.2) is 231 Å². The molecule has 10 rings (SSSR count). The number of fused-ring (bicyclic) bond motifs is 1. The molecule has 0 N–H and O–H groups in total. The molecule has 1 nitrogen and oxygen atoms in total. The van der Waals surface area contributed by atoms with Crippen molar-refractivity contribution in [2.45, 2.75) is 20.8 Å². The van der Waals surface area contributed by atoms with Crippen molar-refractivity contribution in [2.75, 3.05) is 0 Å². The SMILES string of the molecule is C=c1cc2ccccc2cc2cccc3cccc(c32)n1-c1ccc(-c2ccc(C)cc2)cc1.Cc1cccc(-c2ccccc2)c1.Cc1cccc(-c2ccccc2)c1. The first kappa shape index (κ1) is 39.4. The molecule has 0 saturated heterocycles. The van der Waals surface area contributed by atoms with E-state index in [9.17, 15) is 0 Å². The molecule has 0 amide bonds. The largest absolute Gasteiger partial charge is 0.310 e. The van der Waals surface area contributed by atoms with E-state index < -0.39 is 0 Å². The van der Waals surface area contributed by atoms with Gasteiger partial charge in [-0.25, -0.2) is 0 Å². The average Bonchev–Trinajstić information content (AvgIpc) is 3.34. The number of benzene rings is 9. The summed E-state index contributed by atoms with van der Waals surface area (Å²) in [5.74, 6) is 0. The van der Waals surface area contributed by atoms with Gasteiger partial charge in [-0.1, -0.05) is 223 Å². The first-order valence-electron chi connectivity index (χ1n) is 20.6. The molecule has 1 heterocycles. The predicted octanol–water partition coefficient (Wildman–Crippen LogP) is 15.5. The van der Waals surface area contributed by atoms with Crippen LogP contribution in [-0.2, 0) is 0 Å². The summed E-state index contributed by atoms with van der Waals surface area (Å²) in [5.41, 5.74) is 13.7. The maximum atomic E-state index is 4.52. The Kier molecular flexibility index (Phi) is 12.1. The normalized spacial score (nSPS) is 10.7. The van der Waals surface area contributed by atoms with Crippen LogP contribution in [0.2, 0.25) is 0 Å². The quantitative estimate of drug-likeness (QED) is 0.168. The van der Waals surface area contributed by atoms with E-state index in [1.54, 1.807) is 0 Å². The van der Waals surface area contributed by atoms with Gasteiger partial charge in [-0.2, -0.15) is 0 Å². The van der Waals surface area contributed by atoms with Gasteiger partial charge in [-0.3, -0.25) is 0 Å². The zero-order valence-corrected chi connectivity index (χ0v) is 34.6. The van der Waals surface area contributed by atoms with E-state index in [4.69, 9.17) is 0 Å². The number of hydrogen-bond acceptors (Lipinski definition) is 0. The molecular weight excluding hydrogens is 723 g/mol. The van der Waals surface area contributed by atoms with Gasteiger partial charge in [0.05, 0.1) is 5.52 Å². The van der Waals surface area contributed by atoms with Crippen molar-refractivity contribution in [1.29, 1.82) is 0 Å². The molecule has 60 heavy (non-hydrogen) atoms. The molecule has 0 aliphatic rings. The highest BCUT2D eigenvalue weighted by Gasteiger charge is 2.07. The number of rotatable bonds is 4. The molecule has 0 fully saturated rings. The van der Waals surface area contributed by atoms with Gasteiger partial charge < -0.3 is 4.57 Å². The molecule has 290 valence electrons. The zero-order valence-electron chi connectivity index (χ0n) is 34.6. The number of aromatic nitrogens is 1. The third-order valence-corrected chi connectivity index (χ3v) is 10.8. The fraction of sp³-hybridized carbons (Fsp3) is 0.0508. The van der Waals surface area contributed by atoms with Crippen molar-refractivity contribution in [3.05, 3.63) is 253 Å². The van der Waals surface area contributed by atoms with E-state index in [-0.39, 0.29) is 0 Å². The van der Waals surface area contributed by atoms with Gasteiger partial charge in [-0.05, 0) is 106 Å². The maximum Gasteiger partial charge on any atom is 0.0545 e. The number of nitrogens with zero attached hydrogens (tertiary/aromatic N) is 1. The van der Waals surface area contributed by atoms with E-state index >= 15 is 0 Å². The minimum Gasteiger partial charge on any atom is -0.310 e. The molecule has 0 aliphatic heterocycles. The molecule has 0 unspecified atom stereocenters. The molecule has 0 radical (unpaired) electrons. The van der Waals surface area contributed by atoms with Gasteiger partial charge >= 0.3 is 0 Å². The van der Waals surface area contributed by atoms with E-state index in [0.717, 1.165) is 16.6 Å². The highest BCUT2D eigenvalue weighted by atomic mass is 15.0. The summed E-state index contributed by atoms with van der Waals surface area (Å²) in [7, 11) is 0. The smallest absolute Gasteiger partial charge is 0.0545 e. The molecule has 0 spiro atoms. The second-order valence-electron chi connectivity index (χ2n) is 15.4. The first-order chi connectivity index (χ1) is 29.4. The predicted molar refractivity (Wildman–Crippen MR) is 260 cm³/mol. The van der Waals surface area contributed by atoms with E-state index in [1.165, 1.54) is 77.0 Å². The highest BCUT2D eigenvalue weighted by Crippen LogP contribution is 2.29. The summed E-state index contributed by atoms with van der Waals surface area (Å²) in [6, 6.07) is 81.5. The lowest BCUT2D eigenvalue weighted by Crippen LogP contribution is -2.15. The van der Waals surface area contributed by atoms with E-state index in [2.05, 4.69) is 250 Å². The second kappa shape index (κ2) is 18.4. The molecule has 0 saturated carbocycles. The molecule has 0 aliphatic carbocycles. The zero-order chi connectivity index (χ0) is 41.3. The molecule has 0 atom stereocenters. The van der Waals surface area contributed by atoms with Gasteiger partial charge in [0.25, 0.3) is 0 Å². The lowest BCUT2D eigenvalue weighted by Gasteiger charge is -2.13. The van der Waals surface area contributed by atoms with Crippen LogP contribution in [0, 0.1) is 20.8 Å². The Morgan fingerprint density at radius 3 is 1.27 bits per heavy atom. The summed E-state index contributed by atoms with van der Waals surface area (Å²) in [4.78, 5) is 0. The third kappa shape index (κ3) is 9.28. The minimum absolute atomic E-state index is 0.938. The van der Waals surface area contributed by atoms with Crippen molar-refractivity contribution in [2.24, 2.45) is 0 Å². The van der Waals surface area contributed by atoms with Crippen LogP contribution in [0.1, 0.15) is 16.7 Å². The standard InChI is InChI=1S/C33H25N.2C13H12/c1-23-13-15-25(16-14-23)26-17-19-31(20-18-26)34-24(2)21-28-7-3-4-8-29(28)22-30-11-5-9-27-10-6-12-32(34)33(27)30;2*1-11-6-5-9-13(10-11)12-7-3-2-4-8-12/h3-22H,2H2,1H3;2*2-10H,1H3. The van der Waals surface area contributed by atoms with Gasteiger partial charge in [0.2, 0.25) is 0 Å². The van der Waals surface area contributed by atoms with Crippen LogP contribution in [0.5, 0.6) is 0 Å². The Bertz CT molecular complexity index is 3020. The van der Waals surface area contributed by atoms with Crippen molar-refractivity contribution in [3.63, 3.8) is 0 Å². The van der Waals surface area contributed by atoms with Crippen LogP contribution in [-0.4, -0.2) is 4.57 Å².